The molecule has 25 heavy (non-hydrogen) atoms. The molecule has 1 heterocycles. The van der Waals surface area contributed by atoms with Crippen molar-refractivity contribution in [1.82, 2.24) is 10.2 Å². The van der Waals surface area contributed by atoms with Crippen molar-refractivity contribution in [2.24, 2.45) is 0 Å². The third-order valence-corrected chi connectivity index (χ3v) is 4.85. The van der Waals surface area contributed by atoms with E-state index in [0.717, 1.165) is 11.3 Å². The van der Waals surface area contributed by atoms with Gasteiger partial charge in [-0.2, -0.15) is 0 Å². The molecule has 0 radical (unpaired) electrons. The molecule has 0 saturated heterocycles. The van der Waals surface area contributed by atoms with Crippen LogP contribution in [0.3, 0.4) is 0 Å². The van der Waals surface area contributed by atoms with E-state index in [9.17, 15) is 9.59 Å². The molecule has 0 spiro atoms. The van der Waals surface area contributed by atoms with Gasteiger partial charge in [0.25, 0.3) is 5.91 Å². The lowest BCUT2D eigenvalue weighted by molar-refractivity contribution is -0.133. The van der Waals surface area contributed by atoms with E-state index in [-0.39, 0.29) is 11.8 Å². The molecule has 2 rings (SSSR count). The number of rotatable bonds is 7. The van der Waals surface area contributed by atoms with Gasteiger partial charge in [0.05, 0.1) is 4.88 Å². The van der Waals surface area contributed by atoms with Crippen molar-refractivity contribution in [2.75, 3.05) is 25.5 Å². The molecule has 2 amide bonds. The summed E-state index contributed by atoms with van der Waals surface area (Å²) in [6.45, 7) is 4.79. The fourth-order valence-corrected chi connectivity index (χ4v) is 3.10. The van der Waals surface area contributed by atoms with E-state index < -0.39 is 6.04 Å². The first kappa shape index (κ1) is 19.0. The Bertz CT molecular complexity index is 696. The lowest BCUT2D eigenvalue weighted by atomic mass is 10.1. The summed E-state index contributed by atoms with van der Waals surface area (Å²) in [5.74, 6) is -0.286. The van der Waals surface area contributed by atoms with Gasteiger partial charge in [0.2, 0.25) is 5.91 Å². The van der Waals surface area contributed by atoms with E-state index in [2.05, 4.69) is 5.32 Å². The van der Waals surface area contributed by atoms with Gasteiger partial charge in [0.1, 0.15) is 6.04 Å². The zero-order chi connectivity index (χ0) is 18.4. The highest BCUT2D eigenvalue weighted by Crippen LogP contribution is 2.14. The Morgan fingerprint density at radius 2 is 1.84 bits per heavy atom. The average molecular weight is 359 g/mol. The van der Waals surface area contributed by atoms with Crippen molar-refractivity contribution < 1.29 is 9.59 Å². The van der Waals surface area contributed by atoms with Crippen LogP contribution in [-0.4, -0.2) is 43.4 Å². The highest BCUT2D eigenvalue weighted by Gasteiger charge is 2.22. The molecular weight excluding hydrogens is 334 g/mol. The summed E-state index contributed by atoms with van der Waals surface area (Å²) in [5.41, 5.74) is 2.19. The van der Waals surface area contributed by atoms with Gasteiger partial charge >= 0.3 is 0 Å². The molecule has 134 valence electrons. The van der Waals surface area contributed by atoms with Crippen LogP contribution in [0.25, 0.3) is 0 Å². The minimum Gasteiger partial charge on any atom is -0.378 e. The van der Waals surface area contributed by atoms with Crippen molar-refractivity contribution in [3.63, 3.8) is 0 Å². The molecule has 0 aliphatic heterocycles. The highest BCUT2D eigenvalue weighted by molar-refractivity contribution is 7.12. The SMILES string of the molecule is CCN(Cc1ccc(N(C)C)cc1)C(=O)C(C)NC(=O)c1cccs1. The van der Waals surface area contributed by atoms with Crippen molar-refractivity contribution in [3.05, 3.63) is 52.2 Å². The standard InChI is InChI=1S/C19H25N3O2S/c1-5-22(13-15-8-10-16(11-9-15)21(3)4)19(24)14(2)20-18(23)17-7-6-12-25-17/h6-12,14H,5,13H2,1-4H3,(H,20,23). The van der Waals surface area contributed by atoms with Crippen LogP contribution in [0.4, 0.5) is 5.69 Å². The molecular formula is C19H25N3O2S. The molecule has 1 atom stereocenters. The van der Waals surface area contributed by atoms with Gasteiger partial charge in [0, 0.05) is 32.9 Å². The van der Waals surface area contributed by atoms with Crippen LogP contribution >= 0.6 is 11.3 Å². The molecule has 0 bridgehead atoms. The van der Waals surface area contributed by atoms with Crippen molar-refractivity contribution in [1.29, 1.82) is 0 Å². The van der Waals surface area contributed by atoms with Gasteiger partial charge in [-0.25, -0.2) is 0 Å². The van der Waals surface area contributed by atoms with E-state index in [0.29, 0.717) is 18.0 Å². The Hall–Kier alpha value is -2.34. The first-order chi connectivity index (χ1) is 11.9. The van der Waals surface area contributed by atoms with Crippen LogP contribution in [0.15, 0.2) is 41.8 Å². The Labute approximate surface area is 153 Å². The number of nitrogens with one attached hydrogen (secondary N) is 1. The number of carbonyl (C=O) groups excluding carboxylic acids is 2. The second kappa shape index (κ2) is 8.67. The number of thiophene rings is 1. The maximum Gasteiger partial charge on any atom is 0.261 e. The van der Waals surface area contributed by atoms with Crippen LogP contribution in [-0.2, 0) is 11.3 Å². The Morgan fingerprint density at radius 3 is 2.36 bits per heavy atom. The van der Waals surface area contributed by atoms with Crippen molar-refractivity contribution in [2.45, 2.75) is 26.4 Å². The summed E-state index contributed by atoms with van der Waals surface area (Å²) >= 11 is 1.36. The normalized spacial score (nSPS) is 11.7. The fourth-order valence-electron chi connectivity index (χ4n) is 2.48. The van der Waals surface area contributed by atoms with Gasteiger partial charge in [-0.1, -0.05) is 18.2 Å². The van der Waals surface area contributed by atoms with Crippen LogP contribution in [0.2, 0.25) is 0 Å². The molecule has 0 aliphatic carbocycles. The molecule has 2 aromatic rings. The van der Waals surface area contributed by atoms with Gasteiger partial charge in [-0.05, 0) is 43.0 Å². The smallest absolute Gasteiger partial charge is 0.261 e. The Morgan fingerprint density at radius 1 is 1.16 bits per heavy atom. The maximum atomic E-state index is 12.7. The van der Waals surface area contributed by atoms with E-state index in [4.69, 9.17) is 0 Å². The molecule has 0 aliphatic rings. The monoisotopic (exact) mass is 359 g/mol. The third-order valence-electron chi connectivity index (χ3n) is 3.98. The lowest BCUT2D eigenvalue weighted by Gasteiger charge is -2.25. The molecule has 6 heteroatoms. The molecule has 5 nitrogen and oxygen atoms in total. The van der Waals surface area contributed by atoms with E-state index in [1.165, 1.54) is 11.3 Å². The second-order valence-electron chi connectivity index (χ2n) is 6.09. The first-order valence-electron chi connectivity index (χ1n) is 8.31. The predicted octanol–water partition coefficient (Wildman–Crippen LogP) is 2.98. The summed E-state index contributed by atoms with van der Waals surface area (Å²) in [6, 6.07) is 11.1. The number of hydrogen-bond donors (Lipinski definition) is 1. The number of carbonyl (C=O) groups is 2. The zero-order valence-corrected chi connectivity index (χ0v) is 16.0. The summed E-state index contributed by atoms with van der Waals surface area (Å²) in [5, 5.41) is 4.62. The number of likely N-dealkylation sites (N-methyl/N-ethyl adjacent to an activating group) is 1. The molecule has 1 aromatic heterocycles. The summed E-state index contributed by atoms with van der Waals surface area (Å²) in [7, 11) is 3.99. The van der Waals surface area contributed by atoms with Gasteiger partial charge in [0.15, 0.2) is 0 Å². The summed E-state index contributed by atoms with van der Waals surface area (Å²) in [4.78, 5) is 29.2. The number of benzene rings is 1. The maximum absolute atomic E-state index is 12.7. The van der Waals surface area contributed by atoms with Crippen LogP contribution in [0, 0.1) is 0 Å². The van der Waals surface area contributed by atoms with Crippen LogP contribution in [0.1, 0.15) is 29.1 Å². The largest absolute Gasteiger partial charge is 0.378 e. The highest BCUT2D eigenvalue weighted by atomic mass is 32.1. The third kappa shape index (κ3) is 5.06. The second-order valence-corrected chi connectivity index (χ2v) is 7.03. The molecule has 0 fully saturated rings. The topological polar surface area (TPSA) is 52.6 Å². The minimum absolute atomic E-state index is 0.0795. The Kier molecular flexibility index (Phi) is 6.58. The van der Waals surface area contributed by atoms with Crippen LogP contribution < -0.4 is 10.2 Å². The number of nitrogens with zero attached hydrogens (tertiary/aromatic N) is 2. The van der Waals surface area contributed by atoms with Crippen molar-refractivity contribution >= 4 is 28.8 Å². The number of amides is 2. The number of anilines is 1. The zero-order valence-electron chi connectivity index (χ0n) is 15.2. The quantitative estimate of drug-likeness (QED) is 0.827. The van der Waals surface area contributed by atoms with Gasteiger partial charge in [-0.3, -0.25) is 9.59 Å². The van der Waals surface area contributed by atoms with Crippen molar-refractivity contribution in [3.8, 4) is 0 Å². The average Bonchev–Trinajstić information content (AvgIpc) is 3.14. The Balaban J connectivity index is 1.98. The van der Waals surface area contributed by atoms with E-state index >= 15 is 0 Å². The van der Waals surface area contributed by atoms with E-state index in [1.807, 2.05) is 61.6 Å². The number of hydrogen-bond acceptors (Lipinski definition) is 4. The molecule has 1 unspecified atom stereocenters. The van der Waals surface area contributed by atoms with Gasteiger partial charge < -0.3 is 15.1 Å². The molecule has 0 saturated carbocycles. The minimum atomic E-state index is -0.560. The lowest BCUT2D eigenvalue weighted by Crippen LogP contribution is -2.46. The van der Waals surface area contributed by atoms with Crippen LogP contribution in [0.5, 0.6) is 0 Å². The first-order valence-corrected chi connectivity index (χ1v) is 9.19. The molecule has 1 aromatic carbocycles. The van der Waals surface area contributed by atoms with E-state index in [1.54, 1.807) is 17.9 Å². The fraction of sp³-hybridized carbons (Fsp3) is 0.368. The predicted molar refractivity (Wildman–Crippen MR) is 103 cm³/mol. The molecule has 1 N–H and O–H groups in total. The van der Waals surface area contributed by atoms with Gasteiger partial charge in [-0.15, -0.1) is 11.3 Å². The summed E-state index contributed by atoms with van der Waals surface area (Å²) in [6.07, 6.45) is 0. The summed E-state index contributed by atoms with van der Waals surface area (Å²) < 4.78 is 0.